The second-order valence-corrected chi connectivity index (χ2v) is 4.37. The SMILES string of the molecule is Cc1cc(NCc2occc2C)c(Cl)cc1F. The van der Waals surface area contributed by atoms with E-state index in [1.54, 1.807) is 19.3 Å². The summed E-state index contributed by atoms with van der Waals surface area (Å²) in [7, 11) is 0. The third-order valence-corrected chi connectivity index (χ3v) is 2.97. The zero-order valence-corrected chi connectivity index (χ0v) is 10.4. The van der Waals surface area contributed by atoms with Crippen molar-refractivity contribution in [1.82, 2.24) is 0 Å². The lowest BCUT2D eigenvalue weighted by molar-refractivity contribution is 0.515. The molecule has 0 unspecified atom stereocenters. The molecule has 0 saturated carbocycles. The molecule has 0 bridgehead atoms. The van der Waals surface area contributed by atoms with Crippen molar-refractivity contribution in [2.45, 2.75) is 20.4 Å². The lowest BCUT2D eigenvalue weighted by Crippen LogP contribution is -2.01. The molecule has 2 aromatic rings. The first-order valence-electron chi connectivity index (χ1n) is 5.30. The molecule has 2 nitrogen and oxygen atoms in total. The minimum atomic E-state index is -0.297. The maximum atomic E-state index is 13.2. The lowest BCUT2D eigenvalue weighted by Gasteiger charge is -2.09. The Morgan fingerprint density at radius 1 is 1.29 bits per heavy atom. The van der Waals surface area contributed by atoms with Gasteiger partial charge in [-0.2, -0.15) is 0 Å². The van der Waals surface area contributed by atoms with Gasteiger partial charge in [0, 0.05) is 0 Å². The maximum Gasteiger partial charge on any atom is 0.127 e. The van der Waals surface area contributed by atoms with Gasteiger partial charge in [-0.1, -0.05) is 11.6 Å². The molecule has 4 heteroatoms. The van der Waals surface area contributed by atoms with Gasteiger partial charge < -0.3 is 9.73 Å². The van der Waals surface area contributed by atoms with Gasteiger partial charge in [0.15, 0.2) is 0 Å². The number of benzene rings is 1. The van der Waals surface area contributed by atoms with Gasteiger partial charge in [-0.05, 0) is 43.2 Å². The van der Waals surface area contributed by atoms with E-state index in [-0.39, 0.29) is 5.82 Å². The van der Waals surface area contributed by atoms with Gasteiger partial charge in [0.2, 0.25) is 0 Å². The van der Waals surface area contributed by atoms with Crippen molar-refractivity contribution in [1.29, 1.82) is 0 Å². The molecule has 2 rings (SSSR count). The highest BCUT2D eigenvalue weighted by molar-refractivity contribution is 6.33. The summed E-state index contributed by atoms with van der Waals surface area (Å²) in [6, 6.07) is 4.90. The number of nitrogens with one attached hydrogen (secondary N) is 1. The van der Waals surface area contributed by atoms with Crippen molar-refractivity contribution < 1.29 is 8.81 Å². The Bertz CT molecular complexity index is 536. The van der Waals surface area contributed by atoms with Crippen LogP contribution in [0.2, 0.25) is 5.02 Å². The largest absolute Gasteiger partial charge is 0.467 e. The molecule has 0 radical (unpaired) electrons. The average molecular weight is 254 g/mol. The highest BCUT2D eigenvalue weighted by Gasteiger charge is 2.07. The van der Waals surface area contributed by atoms with E-state index < -0.39 is 0 Å². The molecule has 90 valence electrons. The molecule has 1 aromatic heterocycles. The summed E-state index contributed by atoms with van der Waals surface area (Å²) in [4.78, 5) is 0. The molecule has 17 heavy (non-hydrogen) atoms. The Labute approximate surface area is 104 Å². The first kappa shape index (κ1) is 12.0. The standard InChI is InChI=1S/C13H13ClFNO/c1-8-3-4-17-13(8)7-16-12-5-9(2)11(15)6-10(12)14/h3-6,16H,7H2,1-2H3. The zero-order chi connectivity index (χ0) is 12.4. The van der Waals surface area contributed by atoms with E-state index in [2.05, 4.69) is 5.32 Å². The number of halogens is 2. The summed E-state index contributed by atoms with van der Waals surface area (Å²) in [5, 5.41) is 3.50. The van der Waals surface area contributed by atoms with Crippen LogP contribution in [-0.4, -0.2) is 0 Å². The molecular weight excluding hydrogens is 241 g/mol. The maximum absolute atomic E-state index is 13.2. The van der Waals surface area contributed by atoms with Crippen LogP contribution in [0.1, 0.15) is 16.9 Å². The number of hydrogen-bond acceptors (Lipinski definition) is 2. The third-order valence-electron chi connectivity index (χ3n) is 2.66. The van der Waals surface area contributed by atoms with Gasteiger partial charge in [-0.15, -0.1) is 0 Å². The molecule has 1 heterocycles. The quantitative estimate of drug-likeness (QED) is 0.882. The zero-order valence-electron chi connectivity index (χ0n) is 9.68. The van der Waals surface area contributed by atoms with Gasteiger partial charge in [0.1, 0.15) is 11.6 Å². The van der Waals surface area contributed by atoms with Crippen molar-refractivity contribution in [3.63, 3.8) is 0 Å². The molecule has 0 saturated heterocycles. The fourth-order valence-corrected chi connectivity index (χ4v) is 1.77. The number of furan rings is 1. The van der Waals surface area contributed by atoms with Crippen molar-refractivity contribution in [2.75, 3.05) is 5.32 Å². The topological polar surface area (TPSA) is 25.2 Å². The second kappa shape index (κ2) is 4.80. The average Bonchev–Trinajstić information content (AvgIpc) is 2.68. The van der Waals surface area contributed by atoms with Crippen LogP contribution in [0.3, 0.4) is 0 Å². The van der Waals surface area contributed by atoms with Crippen LogP contribution in [0.5, 0.6) is 0 Å². The van der Waals surface area contributed by atoms with Gasteiger partial charge in [0.25, 0.3) is 0 Å². The monoisotopic (exact) mass is 253 g/mol. The molecule has 0 fully saturated rings. The van der Waals surface area contributed by atoms with Crippen LogP contribution in [0.4, 0.5) is 10.1 Å². The number of hydrogen-bond donors (Lipinski definition) is 1. The van der Waals surface area contributed by atoms with Gasteiger partial charge in [-0.25, -0.2) is 4.39 Å². The highest BCUT2D eigenvalue weighted by atomic mass is 35.5. The highest BCUT2D eigenvalue weighted by Crippen LogP contribution is 2.26. The van der Waals surface area contributed by atoms with Gasteiger partial charge in [-0.3, -0.25) is 0 Å². The van der Waals surface area contributed by atoms with Crippen molar-refractivity contribution in [3.05, 3.63) is 52.2 Å². The Kier molecular flexibility index (Phi) is 3.38. The molecule has 1 aromatic carbocycles. The number of anilines is 1. The minimum Gasteiger partial charge on any atom is -0.467 e. The Morgan fingerprint density at radius 3 is 2.71 bits per heavy atom. The minimum absolute atomic E-state index is 0.297. The smallest absolute Gasteiger partial charge is 0.127 e. The van der Waals surface area contributed by atoms with E-state index in [0.717, 1.165) is 11.3 Å². The van der Waals surface area contributed by atoms with Crippen LogP contribution < -0.4 is 5.32 Å². The second-order valence-electron chi connectivity index (χ2n) is 3.96. The van der Waals surface area contributed by atoms with E-state index in [1.807, 2.05) is 13.0 Å². The number of rotatable bonds is 3. The molecule has 0 aliphatic carbocycles. The molecule has 0 aliphatic heterocycles. The summed E-state index contributed by atoms with van der Waals surface area (Å²) < 4.78 is 18.5. The Hall–Kier alpha value is -1.48. The van der Waals surface area contributed by atoms with E-state index in [9.17, 15) is 4.39 Å². The lowest BCUT2D eigenvalue weighted by atomic mass is 10.2. The molecule has 0 aliphatic rings. The molecule has 0 spiro atoms. The Balaban J connectivity index is 2.14. The first-order chi connectivity index (χ1) is 8.08. The van der Waals surface area contributed by atoms with Gasteiger partial charge >= 0.3 is 0 Å². The van der Waals surface area contributed by atoms with Crippen molar-refractivity contribution in [3.8, 4) is 0 Å². The fourth-order valence-electron chi connectivity index (χ4n) is 1.55. The summed E-state index contributed by atoms with van der Waals surface area (Å²) in [5.41, 5.74) is 2.35. The van der Waals surface area contributed by atoms with Crippen LogP contribution >= 0.6 is 11.6 Å². The number of aryl methyl sites for hydroxylation is 2. The van der Waals surface area contributed by atoms with Crippen LogP contribution in [0.15, 0.2) is 28.9 Å². The van der Waals surface area contributed by atoms with Gasteiger partial charge in [0.05, 0.1) is 23.5 Å². The molecule has 0 amide bonds. The molecule has 0 atom stereocenters. The van der Waals surface area contributed by atoms with E-state index in [1.165, 1.54) is 6.07 Å². The van der Waals surface area contributed by atoms with Crippen LogP contribution in [0, 0.1) is 19.7 Å². The summed E-state index contributed by atoms with van der Waals surface area (Å²) in [5.74, 6) is 0.553. The first-order valence-corrected chi connectivity index (χ1v) is 5.68. The summed E-state index contributed by atoms with van der Waals surface area (Å²) in [6.07, 6.45) is 1.64. The normalized spacial score (nSPS) is 10.6. The van der Waals surface area contributed by atoms with E-state index in [4.69, 9.17) is 16.0 Å². The summed E-state index contributed by atoms with van der Waals surface area (Å²) >= 11 is 5.95. The van der Waals surface area contributed by atoms with Crippen molar-refractivity contribution >= 4 is 17.3 Å². The van der Waals surface area contributed by atoms with Crippen molar-refractivity contribution in [2.24, 2.45) is 0 Å². The predicted octanol–water partition coefficient (Wildman–Crippen LogP) is 4.30. The predicted molar refractivity (Wildman–Crippen MR) is 66.9 cm³/mol. The third kappa shape index (κ3) is 2.61. The molecular formula is C13H13ClFNO. The summed E-state index contributed by atoms with van der Waals surface area (Å²) in [6.45, 7) is 4.21. The van der Waals surface area contributed by atoms with Crippen LogP contribution in [-0.2, 0) is 6.54 Å². The molecule has 1 N–H and O–H groups in total. The van der Waals surface area contributed by atoms with Crippen LogP contribution in [0.25, 0.3) is 0 Å². The van der Waals surface area contributed by atoms with E-state index >= 15 is 0 Å². The fraction of sp³-hybridized carbons (Fsp3) is 0.231. The Morgan fingerprint density at radius 2 is 2.06 bits per heavy atom. The van der Waals surface area contributed by atoms with E-state index in [0.29, 0.717) is 22.8 Å².